The fourth-order valence-corrected chi connectivity index (χ4v) is 5.73. The van der Waals surface area contributed by atoms with Crippen LogP contribution < -0.4 is 5.32 Å². The van der Waals surface area contributed by atoms with Crippen molar-refractivity contribution in [1.29, 1.82) is 0 Å². The molecule has 3 atom stereocenters. The number of amides is 1. The van der Waals surface area contributed by atoms with Gasteiger partial charge in [0.05, 0.1) is 29.8 Å². The lowest BCUT2D eigenvalue weighted by Gasteiger charge is -2.31. The summed E-state index contributed by atoms with van der Waals surface area (Å²) in [5.74, 6) is -0.319. The monoisotopic (exact) mass is 518 g/mol. The number of benzene rings is 2. The van der Waals surface area contributed by atoms with Gasteiger partial charge in [-0.3, -0.25) is 4.79 Å². The van der Waals surface area contributed by atoms with E-state index in [1.807, 2.05) is 51.1 Å². The Morgan fingerprint density at radius 2 is 1.83 bits per heavy atom. The van der Waals surface area contributed by atoms with Gasteiger partial charge in [0.2, 0.25) is 15.9 Å². The summed E-state index contributed by atoms with van der Waals surface area (Å²) in [6, 6.07) is 15.5. The Morgan fingerprint density at radius 1 is 1.14 bits per heavy atom. The molecular formula is C27H38N2O6S. The number of sulfonamides is 1. The summed E-state index contributed by atoms with van der Waals surface area (Å²) in [4.78, 5) is 12.9. The maximum absolute atomic E-state index is 13.5. The van der Waals surface area contributed by atoms with Crippen molar-refractivity contribution in [2.75, 3.05) is 32.9 Å². The molecule has 0 radical (unpaired) electrons. The molecule has 9 heteroatoms. The van der Waals surface area contributed by atoms with Crippen molar-refractivity contribution < 1.29 is 27.8 Å². The summed E-state index contributed by atoms with van der Waals surface area (Å²) in [7, 11) is -3.84. The highest BCUT2D eigenvalue weighted by atomic mass is 32.2. The van der Waals surface area contributed by atoms with Gasteiger partial charge in [-0.15, -0.1) is 0 Å². The molecule has 1 heterocycles. The van der Waals surface area contributed by atoms with Gasteiger partial charge in [0.15, 0.2) is 0 Å². The first-order chi connectivity index (χ1) is 17.1. The molecule has 0 aromatic heterocycles. The molecule has 0 saturated carbocycles. The molecule has 0 aliphatic carbocycles. The highest BCUT2D eigenvalue weighted by molar-refractivity contribution is 7.89. The number of hydrogen-bond acceptors (Lipinski definition) is 6. The lowest BCUT2D eigenvalue weighted by Crippen LogP contribution is -2.51. The van der Waals surface area contributed by atoms with Crippen LogP contribution >= 0.6 is 0 Å². The molecule has 1 amide bonds. The van der Waals surface area contributed by atoms with Crippen LogP contribution in [0.15, 0.2) is 59.5 Å². The normalized spacial score (nSPS) is 17.9. The number of carbonyl (C=O) groups is 1. The van der Waals surface area contributed by atoms with E-state index < -0.39 is 22.2 Å². The van der Waals surface area contributed by atoms with Crippen LogP contribution in [0, 0.1) is 12.8 Å². The van der Waals surface area contributed by atoms with Gasteiger partial charge < -0.3 is 19.9 Å². The molecule has 2 N–H and O–H groups in total. The molecule has 1 aliphatic rings. The molecule has 0 bridgehead atoms. The number of aliphatic hydroxyl groups excluding tert-OH is 1. The molecule has 36 heavy (non-hydrogen) atoms. The quantitative estimate of drug-likeness (QED) is 0.422. The van der Waals surface area contributed by atoms with Crippen LogP contribution in [0.3, 0.4) is 0 Å². The topological polar surface area (TPSA) is 105 Å². The number of carbonyl (C=O) groups excluding carboxylic acids is 1. The summed E-state index contributed by atoms with van der Waals surface area (Å²) in [6.45, 7) is 6.77. The second-order valence-electron chi connectivity index (χ2n) is 9.76. The fourth-order valence-electron chi connectivity index (χ4n) is 4.11. The minimum absolute atomic E-state index is 0.0432. The molecular weight excluding hydrogens is 480 g/mol. The number of aryl methyl sites for hydroxylation is 1. The third-order valence-corrected chi connectivity index (χ3v) is 7.91. The van der Waals surface area contributed by atoms with Crippen LogP contribution in [0.5, 0.6) is 0 Å². The molecule has 3 rings (SSSR count). The Labute approximate surface area is 214 Å². The highest BCUT2D eigenvalue weighted by Crippen LogP contribution is 2.20. The van der Waals surface area contributed by atoms with E-state index in [0.717, 1.165) is 17.5 Å². The van der Waals surface area contributed by atoms with Crippen LogP contribution in [-0.2, 0) is 30.7 Å². The molecule has 8 nitrogen and oxygen atoms in total. The van der Waals surface area contributed by atoms with Crippen molar-refractivity contribution >= 4 is 15.9 Å². The Morgan fingerprint density at radius 3 is 2.44 bits per heavy atom. The van der Waals surface area contributed by atoms with Gasteiger partial charge in [-0.1, -0.05) is 61.9 Å². The lowest BCUT2D eigenvalue weighted by atomic mass is 10.0. The molecule has 3 unspecified atom stereocenters. The molecule has 198 valence electrons. The van der Waals surface area contributed by atoms with Crippen molar-refractivity contribution in [3.8, 4) is 0 Å². The molecule has 1 fully saturated rings. The van der Waals surface area contributed by atoms with Crippen LogP contribution in [0.2, 0.25) is 0 Å². The van der Waals surface area contributed by atoms with Crippen LogP contribution in [-0.4, -0.2) is 74.9 Å². The third kappa shape index (κ3) is 8.38. The number of ether oxygens (including phenoxy) is 2. The third-order valence-electron chi connectivity index (χ3n) is 6.07. The predicted octanol–water partition coefficient (Wildman–Crippen LogP) is 2.54. The van der Waals surface area contributed by atoms with Crippen LogP contribution in [0.4, 0.5) is 0 Å². The molecule has 2 aromatic rings. The van der Waals surface area contributed by atoms with Gasteiger partial charge in [-0.25, -0.2) is 8.42 Å². The van der Waals surface area contributed by atoms with Gasteiger partial charge in [-0.2, -0.15) is 4.31 Å². The second kappa shape index (κ2) is 13.3. The highest BCUT2D eigenvalue weighted by Gasteiger charge is 2.31. The van der Waals surface area contributed by atoms with Crippen LogP contribution in [0.1, 0.15) is 31.4 Å². The zero-order valence-electron chi connectivity index (χ0n) is 21.3. The summed E-state index contributed by atoms with van der Waals surface area (Å²) in [5, 5.41) is 14.1. The van der Waals surface area contributed by atoms with E-state index >= 15 is 0 Å². The average molecular weight is 519 g/mol. The maximum atomic E-state index is 13.5. The zero-order valence-corrected chi connectivity index (χ0v) is 22.1. The summed E-state index contributed by atoms with van der Waals surface area (Å²) in [6.07, 6.45) is -0.164. The molecule has 2 aromatic carbocycles. The first kappa shape index (κ1) is 28.3. The number of nitrogens with zero attached hydrogens (tertiary/aromatic N) is 1. The Bertz CT molecular complexity index is 1050. The summed E-state index contributed by atoms with van der Waals surface area (Å²) in [5.41, 5.74) is 1.88. The van der Waals surface area contributed by atoms with E-state index in [1.165, 1.54) is 4.31 Å². The number of hydrogen-bond donors (Lipinski definition) is 2. The largest absolute Gasteiger partial charge is 0.390 e. The maximum Gasteiger partial charge on any atom is 0.246 e. The smallest absolute Gasteiger partial charge is 0.246 e. The number of aliphatic hydroxyl groups is 1. The number of nitrogens with one attached hydrogen (secondary N) is 1. The van der Waals surface area contributed by atoms with Gasteiger partial charge in [0.25, 0.3) is 0 Å². The van der Waals surface area contributed by atoms with Crippen molar-refractivity contribution in [3.05, 3.63) is 65.7 Å². The van der Waals surface area contributed by atoms with E-state index in [2.05, 4.69) is 5.32 Å². The fraction of sp³-hybridized carbons (Fsp3) is 0.519. The van der Waals surface area contributed by atoms with E-state index in [-0.39, 0.29) is 42.5 Å². The van der Waals surface area contributed by atoms with Gasteiger partial charge >= 0.3 is 0 Å². The minimum Gasteiger partial charge on any atom is -0.390 e. The minimum atomic E-state index is -3.84. The van der Waals surface area contributed by atoms with Gasteiger partial charge in [-0.05, 0) is 43.4 Å². The van der Waals surface area contributed by atoms with Crippen molar-refractivity contribution in [2.45, 2.75) is 56.8 Å². The molecule has 0 spiro atoms. The zero-order chi connectivity index (χ0) is 26.1. The summed E-state index contributed by atoms with van der Waals surface area (Å²) >= 11 is 0. The van der Waals surface area contributed by atoms with Crippen molar-refractivity contribution in [1.82, 2.24) is 9.62 Å². The Hall–Kier alpha value is -2.30. The first-order valence-corrected chi connectivity index (χ1v) is 13.9. The molecule has 1 aliphatic heterocycles. The summed E-state index contributed by atoms with van der Waals surface area (Å²) < 4.78 is 39.1. The van der Waals surface area contributed by atoms with E-state index in [4.69, 9.17) is 9.47 Å². The Balaban J connectivity index is 1.76. The van der Waals surface area contributed by atoms with E-state index in [1.54, 1.807) is 24.3 Å². The van der Waals surface area contributed by atoms with Crippen molar-refractivity contribution in [3.63, 3.8) is 0 Å². The SMILES string of the molecule is Cc1ccc(S(=O)(=O)N(CC(C)C)CC(O)C(Cc2ccccc2)NC(=O)COC2CCOC2)cc1. The van der Waals surface area contributed by atoms with E-state index in [9.17, 15) is 18.3 Å². The van der Waals surface area contributed by atoms with Gasteiger partial charge in [0, 0.05) is 19.7 Å². The lowest BCUT2D eigenvalue weighted by molar-refractivity contribution is -0.129. The second-order valence-corrected chi connectivity index (χ2v) is 11.7. The molecule has 1 saturated heterocycles. The average Bonchev–Trinajstić information content (AvgIpc) is 3.36. The van der Waals surface area contributed by atoms with Gasteiger partial charge in [0.1, 0.15) is 6.61 Å². The number of rotatable bonds is 13. The standard InChI is InChI=1S/C27H38N2O6S/c1-20(2)16-29(36(32,33)24-11-9-21(3)10-12-24)17-26(30)25(15-22-7-5-4-6-8-22)28-27(31)19-35-23-13-14-34-18-23/h4-12,20,23,25-26,30H,13-19H2,1-3H3,(H,28,31). The predicted molar refractivity (Wildman–Crippen MR) is 138 cm³/mol. The van der Waals surface area contributed by atoms with Crippen molar-refractivity contribution in [2.24, 2.45) is 5.92 Å². The first-order valence-electron chi connectivity index (χ1n) is 12.4. The Kier molecular flexibility index (Phi) is 10.4. The van der Waals surface area contributed by atoms with E-state index in [0.29, 0.717) is 19.6 Å². The van der Waals surface area contributed by atoms with Crippen LogP contribution in [0.25, 0.3) is 0 Å².